The molecule has 0 radical (unpaired) electrons. The highest BCUT2D eigenvalue weighted by atomic mass is 19.1. The van der Waals surface area contributed by atoms with Crippen molar-refractivity contribution in [1.82, 2.24) is 19.7 Å². The second kappa shape index (κ2) is 14.7. The molecule has 3 aromatic carbocycles. The van der Waals surface area contributed by atoms with E-state index < -0.39 is 29.6 Å². The predicted molar refractivity (Wildman–Crippen MR) is 191 cm³/mol. The number of amides is 2. The lowest BCUT2D eigenvalue weighted by Crippen LogP contribution is -2.46. The van der Waals surface area contributed by atoms with E-state index in [1.54, 1.807) is 9.80 Å². The highest BCUT2D eigenvalue weighted by Gasteiger charge is 2.46. The van der Waals surface area contributed by atoms with Gasteiger partial charge in [-0.2, -0.15) is 5.10 Å². The van der Waals surface area contributed by atoms with Crippen LogP contribution in [0, 0.1) is 17.0 Å². The monoisotopic (exact) mass is 717 g/mol. The number of nitrogens with zero attached hydrogens (tertiary/aromatic N) is 7. The first-order valence-electron chi connectivity index (χ1n) is 17.6. The van der Waals surface area contributed by atoms with Gasteiger partial charge < -0.3 is 34.0 Å². The fourth-order valence-electron chi connectivity index (χ4n) is 6.77. The third-order valence-corrected chi connectivity index (χ3v) is 9.97. The molecule has 3 fully saturated rings. The molecular formula is C38H45F2N7O5. The molecule has 276 valence electrons. The molecule has 7 rings (SSSR count). The van der Waals surface area contributed by atoms with E-state index in [1.165, 1.54) is 29.5 Å². The van der Waals surface area contributed by atoms with Crippen LogP contribution in [0.5, 0.6) is 5.75 Å². The maximum absolute atomic E-state index is 14.9. The van der Waals surface area contributed by atoms with E-state index in [0.29, 0.717) is 25.4 Å². The molecule has 0 spiro atoms. The predicted octanol–water partition coefficient (Wildman–Crippen LogP) is 4.88. The first kappa shape index (κ1) is 35.6. The van der Waals surface area contributed by atoms with Crippen molar-refractivity contribution in [2.24, 2.45) is 5.41 Å². The lowest BCUT2D eigenvalue weighted by molar-refractivity contribution is -0.192. The summed E-state index contributed by atoms with van der Waals surface area (Å²) in [5.74, 6) is -2.31. The summed E-state index contributed by atoms with van der Waals surface area (Å²) in [5, 5.41) is 14.6. The minimum absolute atomic E-state index is 0.0300. The van der Waals surface area contributed by atoms with E-state index in [9.17, 15) is 18.7 Å². The Kier molecular flexibility index (Phi) is 10.1. The Labute approximate surface area is 302 Å². The molecule has 3 unspecified atom stereocenters. The number of anilines is 3. The normalized spacial score (nSPS) is 21.7. The van der Waals surface area contributed by atoms with Gasteiger partial charge in [0.05, 0.1) is 12.7 Å². The number of rotatable bonds is 11. The molecule has 3 aliphatic heterocycles. The minimum atomic E-state index is -1.51. The van der Waals surface area contributed by atoms with Gasteiger partial charge in [0.25, 0.3) is 0 Å². The number of carbonyl (C=O) groups excluding carboxylic acids is 1. The second-order valence-corrected chi connectivity index (χ2v) is 14.6. The van der Waals surface area contributed by atoms with Crippen LogP contribution in [-0.4, -0.2) is 102 Å². The Hall–Kier alpha value is -4.79. The number of aliphatic hydroxyl groups excluding tert-OH is 1. The molecule has 0 bridgehead atoms. The maximum Gasteiger partial charge on any atom is 0.324 e. The number of piperazine rings is 1. The maximum atomic E-state index is 14.9. The van der Waals surface area contributed by atoms with Gasteiger partial charge >= 0.3 is 6.03 Å². The zero-order valence-electron chi connectivity index (χ0n) is 29.7. The number of hydrogen-bond donors (Lipinski definition) is 1. The average Bonchev–Trinajstić information content (AvgIpc) is 3.89. The fourth-order valence-corrected chi connectivity index (χ4v) is 6.77. The number of urea groups is 1. The molecule has 4 aromatic rings. The van der Waals surface area contributed by atoms with Crippen LogP contribution in [0.1, 0.15) is 26.3 Å². The average molecular weight is 718 g/mol. The van der Waals surface area contributed by atoms with Crippen LogP contribution in [0.15, 0.2) is 79.4 Å². The molecule has 1 N–H and O–H groups in total. The van der Waals surface area contributed by atoms with E-state index >= 15 is 0 Å². The van der Waals surface area contributed by atoms with Crippen LogP contribution in [0.2, 0.25) is 0 Å². The van der Waals surface area contributed by atoms with Gasteiger partial charge in [-0.1, -0.05) is 20.8 Å². The van der Waals surface area contributed by atoms with Crippen molar-refractivity contribution in [3.8, 4) is 5.75 Å². The van der Waals surface area contributed by atoms with E-state index in [-0.39, 0.29) is 36.8 Å². The Morgan fingerprint density at radius 2 is 1.58 bits per heavy atom. The standard InChI is InChI=1S/C38H45F2N7O5/c1-37(2,3)35(48)21-45-18-19-47(36(45)49)30-7-5-28(6-8-30)43-14-16-44(17-15-43)29-9-11-31(12-10-29)50-22-32-23-51-38(52-32,24-46-26-41-25-42-46)33-13-4-27(39)20-34(33)40/h4-13,20,25-26,32,35,48H,14-19,21-24H2,1-3H3. The topological polar surface area (TPSA) is 109 Å². The summed E-state index contributed by atoms with van der Waals surface area (Å²) in [6.07, 6.45) is 1.75. The molecular weight excluding hydrogens is 672 g/mol. The molecule has 0 saturated carbocycles. The molecule has 3 atom stereocenters. The molecule has 2 amide bonds. The van der Waals surface area contributed by atoms with Crippen molar-refractivity contribution < 1.29 is 32.9 Å². The van der Waals surface area contributed by atoms with Crippen LogP contribution in [-0.2, 0) is 21.8 Å². The molecule has 1 aromatic heterocycles. The van der Waals surface area contributed by atoms with E-state index in [0.717, 1.165) is 49.3 Å². The van der Waals surface area contributed by atoms with Gasteiger partial charge in [-0.25, -0.2) is 23.2 Å². The van der Waals surface area contributed by atoms with Crippen molar-refractivity contribution in [3.63, 3.8) is 0 Å². The molecule has 3 aliphatic rings. The number of hydrogen-bond acceptors (Lipinski definition) is 9. The number of benzene rings is 3. The highest BCUT2D eigenvalue weighted by Crippen LogP contribution is 2.38. The number of β-amino-alcohol motifs (C(OH)–C–C–N with tert-alkyl or cyclic N) is 1. The van der Waals surface area contributed by atoms with Crippen molar-refractivity contribution in [1.29, 1.82) is 0 Å². The lowest BCUT2D eigenvalue weighted by Gasteiger charge is -2.37. The minimum Gasteiger partial charge on any atom is -0.491 e. The summed E-state index contributed by atoms with van der Waals surface area (Å²) >= 11 is 0. The molecule has 12 nitrogen and oxygen atoms in total. The van der Waals surface area contributed by atoms with Gasteiger partial charge in [0.1, 0.15) is 49.3 Å². The van der Waals surface area contributed by atoms with Gasteiger partial charge in [-0.3, -0.25) is 4.90 Å². The number of ether oxygens (including phenoxy) is 3. The number of aliphatic hydroxyl groups is 1. The summed E-state index contributed by atoms with van der Waals surface area (Å²) in [4.78, 5) is 25.2. The van der Waals surface area contributed by atoms with E-state index in [4.69, 9.17) is 14.2 Å². The number of halogens is 2. The zero-order chi connectivity index (χ0) is 36.5. The second-order valence-electron chi connectivity index (χ2n) is 14.6. The quantitative estimate of drug-likeness (QED) is 0.232. The smallest absolute Gasteiger partial charge is 0.324 e. The summed E-state index contributed by atoms with van der Waals surface area (Å²) < 4.78 is 48.4. The summed E-state index contributed by atoms with van der Waals surface area (Å²) in [6.45, 7) is 11.2. The first-order chi connectivity index (χ1) is 25.0. The van der Waals surface area contributed by atoms with Gasteiger partial charge in [-0.15, -0.1) is 0 Å². The first-order valence-corrected chi connectivity index (χ1v) is 17.6. The SMILES string of the molecule is CC(C)(C)C(O)CN1CCN(c2ccc(N3CCN(c4ccc(OCC5COC(Cn6cncn6)(c6ccc(F)cc6F)O5)cc4)CC3)cc2)C1=O. The van der Waals surface area contributed by atoms with Gasteiger partial charge in [0.2, 0.25) is 5.79 Å². The largest absolute Gasteiger partial charge is 0.491 e. The molecule has 3 saturated heterocycles. The summed E-state index contributed by atoms with van der Waals surface area (Å²) in [5.41, 5.74) is 2.86. The molecule has 4 heterocycles. The number of carbonyl (C=O) groups is 1. The van der Waals surface area contributed by atoms with E-state index in [1.807, 2.05) is 57.2 Å². The van der Waals surface area contributed by atoms with Crippen LogP contribution in [0.4, 0.5) is 30.6 Å². The molecule has 0 aliphatic carbocycles. The fraction of sp³-hybridized carbons (Fsp3) is 0.447. The highest BCUT2D eigenvalue weighted by molar-refractivity contribution is 5.94. The zero-order valence-corrected chi connectivity index (χ0v) is 29.7. The van der Waals surface area contributed by atoms with Crippen LogP contribution >= 0.6 is 0 Å². The van der Waals surface area contributed by atoms with Crippen LogP contribution in [0.3, 0.4) is 0 Å². The van der Waals surface area contributed by atoms with Crippen LogP contribution < -0.4 is 19.4 Å². The van der Waals surface area contributed by atoms with E-state index in [2.05, 4.69) is 32.0 Å². The number of aromatic nitrogens is 3. The Balaban J connectivity index is 0.895. The Bertz CT molecular complexity index is 1810. The van der Waals surface area contributed by atoms with Gasteiger partial charge in [0, 0.05) is 74.5 Å². The van der Waals surface area contributed by atoms with Crippen molar-refractivity contribution in [2.45, 2.75) is 45.3 Å². The third kappa shape index (κ3) is 7.69. The lowest BCUT2D eigenvalue weighted by atomic mass is 9.89. The summed E-state index contributed by atoms with van der Waals surface area (Å²) in [7, 11) is 0. The molecule has 14 heteroatoms. The Morgan fingerprint density at radius 3 is 2.19 bits per heavy atom. The Morgan fingerprint density at radius 1 is 0.923 bits per heavy atom. The summed E-state index contributed by atoms with van der Waals surface area (Å²) in [6, 6.07) is 19.3. The van der Waals surface area contributed by atoms with Crippen molar-refractivity contribution in [2.75, 3.05) is 73.7 Å². The van der Waals surface area contributed by atoms with Crippen molar-refractivity contribution in [3.05, 3.63) is 96.6 Å². The van der Waals surface area contributed by atoms with Gasteiger partial charge in [0.15, 0.2) is 0 Å². The molecule has 52 heavy (non-hydrogen) atoms. The van der Waals surface area contributed by atoms with Gasteiger partial charge in [-0.05, 0) is 66.1 Å². The van der Waals surface area contributed by atoms with Crippen molar-refractivity contribution >= 4 is 23.1 Å². The van der Waals surface area contributed by atoms with Crippen LogP contribution in [0.25, 0.3) is 0 Å². The third-order valence-electron chi connectivity index (χ3n) is 9.97.